The maximum atomic E-state index is 12.6. The Morgan fingerprint density at radius 2 is 1.67 bits per heavy atom. The Balaban J connectivity index is 0.00000261. The molecule has 1 aromatic rings. The van der Waals surface area contributed by atoms with Crippen molar-refractivity contribution >= 4 is 35.6 Å². The van der Waals surface area contributed by atoms with Gasteiger partial charge in [0.1, 0.15) is 5.69 Å². The van der Waals surface area contributed by atoms with Crippen LogP contribution in [0.15, 0.2) is 18.2 Å². The van der Waals surface area contributed by atoms with Crippen LogP contribution < -0.4 is 10.2 Å². The summed E-state index contributed by atoms with van der Waals surface area (Å²) < 4.78 is 0. The van der Waals surface area contributed by atoms with Gasteiger partial charge < -0.3 is 20.0 Å². The topological polar surface area (TPSA) is 99.0 Å². The van der Waals surface area contributed by atoms with Gasteiger partial charge in [0.25, 0.3) is 11.6 Å². The van der Waals surface area contributed by atoms with Crippen LogP contribution in [-0.2, 0) is 4.79 Å². The molecule has 27 heavy (non-hydrogen) atoms. The van der Waals surface area contributed by atoms with E-state index in [4.69, 9.17) is 0 Å². The first-order chi connectivity index (χ1) is 12.5. The van der Waals surface area contributed by atoms with E-state index in [0.29, 0.717) is 50.5 Å². The molecule has 0 spiro atoms. The summed E-state index contributed by atoms with van der Waals surface area (Å²) in [5, 5.41) is 14.7. The van der Waals surface area contributed by atoms with Crippen molar-refractivity contribution in [1.82, 2.24) is 15.1 Å². The molecule has 0 atom stereocenters. The number of nitro groups is 1. The van der Waals surface area contributed by atoms with Crippen LogP contribution in [0.1, 0.15) is 17.3 Å². The predicted octanol–water partition coefficient (Wildman–Crippen LogP) is 0.731. The van der Waals surface area contributed by atoms with Crippen molar-refractivity contribution in [2.24, 2.45) is 0 Å². The zero-order valence-electron chi connectivity index (χ0n) is 15.2. The number of nitrogens with zero attached hydrogens (tertiary/aromatic N) is 4. The Morgan fingerprint density at radius 1 is 1.04 bits per heavy atom. The highest BCUT2D eigenvalue weighted by Crippen LogP contribution is 2.30. The molecular weight excluding hydrogens is 374 g/mol. The lowest BCUT2D eigenvalue weighted by atomic mass is 10.1. The molecule has 1 N–H and O–H groups in total. The van der Waals surface area contributed by atoms with Crippen LogP contribution in [0.3, 0.4) is 0 Å². The number of piperazine rings is 2. The van der Waals surface area contributed by atoms with Crippen LogP contribution in [0.4, 0.5) is 11.4 Å². The average Bonchev–Trinajstić information content (AvgIpc) is 2.67. The summed E-state index contributed by atoms with van der Waals surface area (Å²) >= 11 is 0. The first-order valence-electron chi connectivity index (χ1n) is 8.76. The third kappa shape index (κ3) is 4.67. The summed E-state index contributed by atoms with van der Waals surface area (Å²) in [7, 11) is 0. The average molecular weight is 398 g/mol. The SMILES string of the molecule is CC(=O)N1CCN(c2ccc(C(=O)N3CCNCC3)cc2[N+](=O)[O-])CC1.Cl. The van der Waals surface area contributed by atoms with Gasteiger partial charge >= 0.3 is 0 Å². The Kier molecular flexibility index (Phi) is 6.98. The van der Waals surface area contributed by atoms with E-state index in [9.17, 15) is 19.7 Å². The second kappa shape index (κ2) is 9.01. The fraction of sp³-hybridized carbons (Fsp3) is 0.529. The van der Waals surface area contributed by atoms with Crippen LogP contribution in [0.2, 0.25) is 0 Å². The van der Waals surface area contributed by atoms with E-state index in [2.05, 4.69) is 5.32 Å². The van der Waals surface area contributed by atoms with Gasteiger partial charge in [0.05, 0.1) is 4.92 Å². The van der Waals surface area contributed by atoms with Crippen LogP contribution >= 0.6 is 12.4 Å². The Hall–Kier alpha value is -2.39. The van der Waals surface area contributed by atoms with Gasteiger partial charge in [0.2, 0.25) is 5.91 Å². The number of carbonyl (C=O) groups excluding carboxylic acids is 2. The lowest BCUT2D eigenvalue weighted by Gasteiger charge is -2.35. The summed E-state index contributed by atoms with van der Waals surface area (Å²) in [6, 6.07) is 4.68. The van der Waals surface area contributed by atoms with Gasteiger partial charge in [-0.2, -0.15) is 0 Å². The second-order valence-electron chi connectivity index (χ2n) is 6.50. The highest BCUT2D eigenvalue weighted by molar-refractivity contribution is 5.96. The zero-order valence-corrected chi connectivity index (χ0v) is 16.0. The second-order valence-corrected chi connectivity index (χ2v) is 6.50. The van der Waals surface area contributed by atoms with Crippen LogP contribution in [0, 0.1) is 10.1 Å². The van der Waals surface area contributed by atoms with Gasteiger partial charge in [-0.05, 0) is 12.1 Å². The third-order valence-electron chi connectivity index (χ3n) is 4.89. The maximum absolute atomic E-state index is 12.6. The molecule has 2 saturated heterocycles. The highest BCUT2D eigenvalue weighted by atomic mass is 35.5. The summed E-state index contributed by atoms with van der Waals surface area (Å²) in [5.74, 6) is -0.168. The van der Waals surface area contributed by atoms with Crippen molar-refractivity contribution in [2.75, 3.05) is 57.3 Å². The van der Waals surface area contributed by atoms with Gasteiger partial charge in [-0.15, -0.1) is 12.4 Å². The molecule has 0 saturated carbocycles. The summed E-state index contributed by atoms with van der Waals surface area (Å²) in [4.78, 5) is 40.5. The maximum Gasteiger partial charge on any atom is 0.293 e. The number of anilines is 1. The number of carbonyl (C=O) groups is 2. The Bertz CT molecular complexity index is 715. The Morgan fingerprint density at radius 3 is 2.22 bits per heavy atom. The largest absolute Gasteiger partial charge is 0.362 e. The summed E-state index contributed by atoms with van der Waals surface area (Å²) in [6.45, 7) is 6.31. The summed E-state index contributed by atoms with van der Waals surface area (Å²) in [6.07, 6.45) is 0. The molecule has 2 aliphatic heterocycles. The number of hydrogen-bond acceptors (Lipinski definition) is 6. The first-order valence-corrected chi connectivity index (χ1v) is 8.76. The lowest BCUT2D eigenvalue weighted by molar-refractivity contribution is -0.384. The zero-order chi connectivity index (χ0) is 18.7. The first kappa shape index (κ1) is 20.9. The molecule has 9 nitrogen and oxygen atoms in total. The molecule has 2 heterocycles. The van der Waals surface area contributed by atoms with E-state index in [1.807, 2.05) is 4.90 Å². The van der Waals surface area contributed by atoms with E-state index < -0.39 is 4.92 Å². The fourth-order valence-electron chi connectivity index (χ4n) is 3.38. The van der Waals surface area contributed by atoms with Crippen molar-refractivity contribution in [3.05, 3.63) is 33.9 Å². The normalized spacial score (nSPS) is 17.3. The van der Waals surface area contributed by atoms with E-state index >= 15 is 0 Å². The van der Waals surface area contributed by atoms with Gasteiger partial charge in [0, 0.05) is 70.9 Å². The van der Waals surface area contributed by atoms with Crippen molar-refractivity contribution in [3.63, 3.8) is 0 Å². The monoisotopic (exact) mass is 397 g/mol. The fourth-order valence-corrected chi connectivity index (χ4v) is 3.38. The number of nitro benzene ring substituents is 1. The van der Waals surface area contributed by atoms with Crippen molar-refractivity contribution in [1.29, 1.82) is 0 Å². The predicted molar refractivity (Wildman–Crippen MR) is 104 cm³/mol. The molecule has 10 heteroatoms. The quantitative estimate of drug-likeness (QED) is 0.596. The van der Waals surface area contributed by atoms with E-state index in [-0.39, 0.29) is 29.9 Å². The molecule has 0 aromatic heterocycles. The number of amides is 2. The van der Waals surface area contributed by atoms with Crippen LogP contribution in [0.5, 0.6) is 0 Å². The minimum Gasteiger partial charge on any atom is -0.362 e. The van der Waals surface area contributed by atoms with Crippen molar-refractivity contribution < 1.29 is 14.5 Å². The number of benzene rings is 1. The standard InChI is InChI=1S/C17H23N5O4.ClH/c1-13(23)19-8-10-20(11-9-19)15-3-2-14(12-16(15)22(25)26)17(24)21-6-4-18-5-7-21;/h2-3,12,18H,4-11H2,1H3;1H. The van der Waals surface area contributed by atoms with Crippen molar-refractivity contribution in [3.8, 4) is 0 Å². The molecule has 2 fully saturated rings. The van der Waals surface area contributed by atoms with Gasteiger partial charge in [-0.3, -0.25) is 19.7 Å². The Labute approximate surface area is 163 Å². The highest BCUT2D eigenvalue weighted by Gasteiger charge is 2.27. The molecule has 0 bridgehead atoms. The molecule has 0 unspecified atom stereocenters. The van der Waals surface area contributed by atoms with Gasteiger partial charge in [0.15, 0.2) is 0 Å². The molecule has 2 aliphatic rings. The molecule has 148 valence electrons. The lowest BCUT2D eigenvalue weighted by Crippen LogP contribution is -2.48. The molecular formula is C17H24ClN5O4. The number of nitrogens with one attached hydrogen (secondary N) is 1. The molecule has 0 aliphatic carbocycles. The van der Waals surface area contributed by atoms with Gasteiger partial charge in [-0.1, -0.05) is 0 Å². The minimum absolute atomic E-state index is 0. The van der Waals surface area contributed by atoms with Gasteiger partial charge in [-0.25, -0.2) is 0 Å². The molecule has 3 rings (SSSR count). The smallest absolute Gasteiger partial charge is 0.293 e. The number of hydrogen-bond donors (Lipinski definition) is 1. The molecule has 2 amide bonds. The minimum atomic E-state index is -0.443. The van der Waals surface area contributed by atoms with Crippen LogP contribution in [0.25, 0.3) is 0 Å². The molecule has 1 aromatic carbocycles. The van der Waals surface area contributed by atoms with E-state index in [0.717, 1.165) is 13.1 Å². The van der Waals surface area contributed by atoms with E-state index in [1.165, 1.54) is 13.0 Å². The summed E-state index contributed by atoms with van der Waals surface area (Å²) in [5.41, 5.74) is 0.766. The van der Waals surface area contributed by atoms with Crippen LogP contribution in [-0.4, -0.2) is 78.9 Å². The molecule has 0 radical (unpaired) electrons. The number of rotatable bonds is 3. The van der Waals surface area contributed by atoms with Crippen molar-refractivity contribution in [2.45, 2.75) is 6.92 Å². The third-order valence-corrected chi connectivity index (χ3v) is 4.89. The number of halogens is 1. The van der Waals surface area contributed by atoms with E-state index in [1.54, 1.807) is 21.9 Å².